The second-order valence-electron chi connectivity index (χ2n) is 5.49. The third-order valence-corrected chi connectivity index (χ3v) is 4.36. The van der Waals surface area contributed by atoms with Gasteiger partial charge in [0.25, 0.3) is 5.91 Å². The highest BCUT2D eigenvalue weighted by molar-refractivity contribution is 6.31. The third kappa shape index (κ3) is 3.21. The number of aliphatic hydroxyl groups is 1. The highest BCUT2D eigenvalue weighted by atomic mass is 35.5. The standard InChI is InChI=1S/C17H17ClN2O4/c18-12-5-2-1-4-11(12)16-14(10-21)24-9-8-20(16)17(23)13-6-3-7-15(22)19-13/h1-7,14,16,21H,8-10H2,(H,19,22)/t14-,16-/m0/s1. The molecule has 0 saturated carbocycles. The van der Waals surface area contributed by atoms with E-state index in [0.717, 1.165) is 0 Å². The predicted octanol–water partition coefficient (Wildman–Crippen LogP) is 1.60. The van der Waals surface area contributed by atoms with Gasteiger partial charge in [-0.2, -0.15) is 0 Å². The number of pyridine rings is 1. The van der Waals surface area contributed by atoms with Crippen LogP contribution < -0.4 is 5.56 Å². The molecule has 1 aliphatic rings. The van der Waals surface area contributed by atoms with Crippen molar-refractivity contribution in [1.29, 1.82) is 0 Å². The van der Waals surface area contributed by atoms with Gasteiger partial charge >= 0.3 is 0 Å². The molecule has 7 heteroatoms. The van der Waals surface area contributed by atoms with E-state index < -0.39 is 12.1 Å². The number of nitrogens with one attached hydrogen (secondary N) is 1. The van der Waals surface area contributed by atoms with Crippen LogP contribution in [0.15, 0.2) is 47.3 Å². The van der Waals surface area contributed by atoms with E-state index in [1.165, 1.54) is 12.1 Å². The second-order valence-corrected chi connectivity index (χ2v) is 5.89. The Kier molecular flexibility index (Phi) is 4.99. The summed E-state index contributed by atoms with van der Waals surface area (Å²) in [6.45, 7) is 0.391. The average molecular weight is 349 g/mol. The minimum atomic E-state index is -0.585. The van der Waals surface area contributed by atoms with Crippen molar-refractivity contribution < 1.29 is 14.6 Å². The Morgan fingerprint density at radius 1 is 1.29 bits per heavy atom. The van der Waals surface area contributed by atoms with E-state index in [1.54, 1.807) is 29.2 Å². The lowest BCUT2D eigenvalue weighted by molar-refractivity contribution is -0.0812. The number of carbonyl (C=O) groups is 1. The summed E-state index contributed by atoms with van der Waals surface area (Å²) in [5.74, 6) is -0.334. The number of hydrogen-bond acceptors (Lipinski definition) is 4. The van der Waals surface area contributed by atoms with Crippen molar-refractivity contribution in [3.05, 3.63) is 69.1 Å². The topological polar surface area (TPSA) is 82.6 Å². The molecule has 0 unspecified atom stereocenters. The molecule has 6 nitrogen and oxygen atoms in total. The lowest BCUT2D eigenvalue weighted by atomic mass is 9.97. The van der Waals surface area contributed by atoms with Crippen LogP contribution in [0.3, 0.4) is 0 Å². The number of amides is 1. The van der Waals surface area contributed by atoms with Crippen molar-refractivity contribution in [2.75, 3.05) is 19.8 Å². The number of nitrogens with zero attached hydrogens (tertiary/aromatic N) is 1. The van der Waals surface area contributed by atoms with Crippen LogP contribution >= 0.6 is 11.6 Å². The quantitative estimate of drug-likeness (QED) is 0.882. The fourth-order valence-corrected chi connectivity index (χ4v) is 3.17. The predicted molar refractivity (Wildman–Crippen MR) is 89.1 cm³/mol. The van der Waals surface area contributed by atoms with Gasteiger partial charge in [-0.1, -0.05) is 35.9 Å². The molecule has 2 N–H and O–H groups in total. The first-order valence-corrected chi connectivity index (χ1v) is 7.97. The van der Waals surface area contributed by atoms with E-state index in [0.29, 0.717) is 23.7 Å². The highest BCUT2D eigenvalue weighted by Gasteiger charge is 2.37. The van der Waals surface area contributed by atoms with Crippen LogP contribution in [0.25, 0.3) is 0 Å². The van der Waals surface area contributed by atoms with E-state index in [-0.39, 0.29) is 23.8 Å². The Morgan fingerprint density at radius 3 is 2.79 bits per heavy atom. The first-order valence-electron chi connectivity index (χ1n) is 7.59. The molecule has 1 amide bonds. The molecular formula is C17H17ClN2O4. The van der Waals surface area contributed by atoms with Crippen molar-refractivity contribution >= 4 is 17.5 Å². The van der Waals surface area contributed by atoms with Crippen LogP contribution in [0, 0.1) is 0 Å². The van der Waals surface area contributed by atoms with Gasteiger partial charge in [-0.25, -0.2) is 0 Å². The van der Waals surface area contributed by atoms with E-state index in [2.05, 4.69) is 4.98 Å². The first kappa shape index (κ1) is 16.7. The van der Waals surface area contributed by atoms with E-state index in [1.807, 2.05) is 6.07 Å². The maximum Gasteiger partial charge on any atom is 0.271 e. The summed E-state index contributed by atoms with van der Waals surface area (Å²) in [4.78, 5) is 28.5. The first-order chi connectivity index (χ1) is 11.6. The zero-order valence-electron chi connectivity index (χ0n) is 12.8. The number of ether oxygens (including phenoxy) is 1. The molecule has 0 aliphatic carbocycles. The van der Waals surface area contributed by atoms with Crippen LogP contribution in [0.2, 0.25) is 5.02 Å². The van der Waals surface area contributed by atoms with Crippen LogP contribution in [0.1, 0.15) is 22.1 Å². The number of aliphatic hydroxyl groups excluding tert-OH is 1. The normalized spacial score (nSPS) is 20.8. The average Bonchev–Trinajstić information content (AvgIpc) is 2.61. The zero-order valence-corrected chi connectivity index (χ0v) is 13.6. The molecule has 1 saturated heterocycles. The van der Waals surface area contributed by atoms with E-state index in [9.17, 15) is 14.7 Å². The lowest BCUT2D eigenvalue weighted by Crippen LogP contribution is -2.49. The van der Waals surface area contributed by atoms with Crippen LogP contribution in [-0.2, 0) is 4.74 Å². The molecule has 2 heterocycles. The molecule has 1 aliphatic heterocycles. The number of benzene rings is 1. The number of morpholine rings is 1. The molecule has 0 radical (unpaired) electrons. The molecule has 1 aromatic heterocycles. The minimum Gasteiger partial charge on any atom is -0.394 e. The van der Waals surface area contributed by atoms with Gasteiger partial charge in [-0.05, 0) is 17.7 Å². The van der Waals surface area contributed by atoms with Gasteiger partial charge in [0, 0.05) is 17.6 Å². The van der Waals surface area contributed by atoms with Crippen molar-refractivity contribution in [1.82, 2.24) is 9.88 Å². The summed E-state index contributed by atoms with van der Waals surface area (Å²) in [6.07, 6.45) is -0.585. The van der Waals surface area contributed by atoms with Crippen LogP contribution in [0.4, 0.5) is 0 Å². The number of rotatable bonds is 3. The molecule has 0 bridgehead atoms. The van der Waals surface area contributed by atoms with Gasteiger partial charge in [-0.3, -0.25) is 9.59 Å². The maximum absolute atomic E-state index is 12.9. The summed E-state index contributed by atoms with van der Waals surface area (Å²) in [5.41, 5.74) is 0.546. The fraction of sp³-hybridized carbons (Fsp3) is 0.294. The monoisotopic (exact) mass is 348 g/mol. The van der Waals surface area contributed by atoms with Crippen molar-refractivity contribution in [2.45, 2.75) is 12.1 Å². The molecule has 3 rings (SSSR count). The van der Waals surface area contributed by atoms with Crippen molar-refractivity contribution in [2.24, 2.45) is 0 Å². The number of aromatic nitrogens is 1. The number of carbonyl (C=O) groups excluding carboxylic acids is 1. The molecule has 2 aromatic rings. The molecule has 2 atom stereocenters. The molecular weight excluding hydrogens is 332 g/mol. The van der Waals surface area contributed by atoms with Gasteiger partial charge in [0.05, 0.1) is 19.3 Å². The summed E-state index contributed by atoms with van der Waals surface area (Å²) in [7, 11) is 0. The van der Waals surface area contributed by atoms with E-state index in [4.69, 9.17) is 16.3 Å². The van der Waals surface area contributed by atoms with E-state index >= 15 is 0 Å². The van der Waals surface area contributed by atoms with Gasteiger partial charge in [0.1, 0.15) is 11.8 Å². The van der Waals surface area contributed by atoms with Gasteiger partial charge in [0.2, 0.25) is 5.56 Å². The lowest BCUT2D eigenvalue weighted by Gasteiger charge is -2.41. The van der Waals surface area contributed by atoms with Crippen molar-refractivity contribution in [3.63, 3.8) is 0 Å². The zero-order chi connectivity index (χ0) is 17.1. The van der Waals surface area contributed by atoms with Gasteiger partial charge in [-0.15, -0.1) is 0 Å². The van der Waals surface area contributed by atoms with Crippen molar-refractivity contribution in [3.8, 4) is 0 Å². The number of H-pyrrole nitrogens is 1. The second kappa shape index (κ2) is 7.17. The summed E-state index contributed by atoms with van der Waals surface area (Å²) >= 11 is 6.29. The summed E-state index contributed by atoms with van der Waals surface area (Å²) < 4.78 is 5.61. The number of halogens is 1. The van der Waals surface area contributed by atoms with Gasteiger partial charge < -0.3 is 19.7 Å². The Hall–Kier alpha value is -2.15. The largest absolute Gasteiger partial charge is 0.394 e. The fourth-order valence-electron chi connectivity index (χ4n) is 2.92. The highest BCUT2D eigenvalue weighted by Crippen LogP contribution is 2.34. The summed E-state index contributed by atoms with van der Waals surface area (Å²) in [5, 5.41) is 10.2. The molecule has 0 spiro atoms. The Labute approximate surface area is 143 Å². The Bertz CT molecular complexity index is 792. The summed E-state index contributed by atoms with van der Waals surface area (Å²) in [6, 6.07) is 11.0. The molecule has 1 aromatic carbocycles. The third-order valence-electron chi connectivity index (χ3n) is 4.02. The van der Waals surface area contributed by atoms with Crippen LogP contribution in [0.5, 0.6) is 0 Å². The SMILES string of the molecule is O=C(c1cccc(=O)[nH]1)N1CCO[C@@H](CO)[C@@H]1c1ccccc1Cl. The molecule has 24 heavy (non-hydrogen) atoms. The number of hydrogen-bond donors (Lipinski definition) is 2. The smallest absolute Gasteiger partial charge is 0.271 e. The molecule has 126 valence electrons. The Balaban J connectivity index is 2.02. The van der Waals surface area contributed by atoms with Gasteiger partial charge in [0.15, 0.2) is 0 Å². The Morgan fingerprint density at radius 2 is 2.08 bits per heavy atom. The minimum absolute atomic E-state index is 0.193. The maximum atomic E-state index is 12.9. The number of aromatic amines is 1. The molecule has 1 fully saturated rings. The van der Waals surface area contributed by atoms with Crippen LogP contribution in [-0.4, -0.2) is 46.8 Å².